The SMILES string of the molecule is COc1ccc2c(c1)c(CC(=O)N(C)CC(=O)Nc1ccc(N3CCOCC3)cc1)c(C)n2C(=O)c1ccc(Cl)cc1. The number of rotatable bonds is 8. The molecule has 4 aromatic rings. The first-order chi connectivity index (χ1) is 20.2. The lowest BCUT2D eigenvalue weighted by Gasteiger charge is -2.28. The van der Waals surface area contributed by atoms with Gasteiger partial charge in [0, 0.05) is 53.2 Å². The van der Waals surface area contributed by atoms with E-state index < -0.39 is 0 Å². The van der Waals surface area contributed by atoms with Gasteiger partial charge in [-0.15, -0.1) is 0 Å². The van der Waals surface area contributed by atoms with Crippen molar-refractivity contribution in [3.63, 3.8) is 0 Å². The summed E-state index contributed by atoms with van der Waals surface area (Å²) in [6.45, 7) is 4.76. The molecule has 1 aliphatic heterocycles. The first-order valence-electron chi connectivity index (χ1n) is 13.7. The number of nitrogens with zero attached hydrogens (tertiary/aromatic N) is 3. The van der Waals surface area contributed by atoms with Crippen LogP contribution in [0.2, 0.25) is 5.02 Å². The largest absolute Gasteiger partial charge is 0.497 e. The van der Waals surface area contributed by atoms with Crippen LogP contribution in [0, 0.1) is 6.92 Å². The number of methoxy groups -OCH3 is 1. The molecule has 9 nitrogen and oxygen atoms in total. The molecule has 0 unspecified atom stereocenters. The molecule has 3 aromatic carbocycles. The maximum absolute atomic E-state index is 13.5. The van der Waals surface area contributed by atoms with E-state index in [1.165, 1.54) is 4.90 Å². The number of hydrogen-bond acceptors (Lipinski definition) is 6. The Balaban J connectivity index is 1.30. The van der Waals surface area contributed by atoms with Crippen LogP contribution in [0.4, 0.5) is 11.4 Å². The minimum atomic E-state index is -0.302. The minimum absolute atomic E-state index is 0.00836. The van der Waals surface area contributed by atoms with Crippen molar-refractivity contribution in [2.75, 3.05) is 57.2 Å². The lowest BCUT2D eigenvalue weighted by molar-refractivity contribution is -0.132. The first-order valence-corrected chi connectivity index (χ1v) is 14.1. The van der Waals surface area contributed by atoms with Crippen molar-refractivity contribution in [2.45, 2.75) is 13.3 Å². The average Bonchev–Trinajstić information content (AvgIpc) is 3.27. The van der Waals surface area contributed by atoms with Crippen LogP contribution < -0.4 is 15.0 Å². The molecular weight excluding hydrogens is 556 g/mol. The molecule has 1 aliphatic rings. The lowest BCUT2D eigenvalue weighted by Crippen LogP contribution is -2.36. The molecule has 0 radical (unpaired) electrons. The molecule has 0 atom stereocenters. The van der Waals surface area contributed by atoms with E-state index in [1.54, 1.807) is 49.1 Å². The Morgan fingerprint density at radius 2 is 1.69 bits per heavy atom. The molecule has 218 valence electrons. The molecular formula is C32H33ClN4O5. The third-order valence-electron chi connectivity index (χ3n) is 7.50. The molecule has 1 saturated heterocycles. The van der Waals surface area contributed by atoms with Crippen molar-refractivity contribution in [3.8, 4) is 5.75 Å². The summed E-state index contributed by atoms with van der Waals surface area (Å²) in [6.07, 6.45) is 0.00836. The minimum Gasteiger partial charge on any atom is -0.497 e. The third-order valence-corrected chi connectivity index (χ3v) is 7.75. The zero-order chi connectivity index (χ0) is 29.8. The predicted molar refractivity (Wildman–Crippen MR) is 164 cm³/mol. The fraction of sp³-hybridized carbons (Fsp3) is 0.281. The highest BCUT2D eigenvalue weighted by Crippen LogP contribution is 2.31. The maximum atomic E-state index is 13.5. The van der Waals surface area contributed by atoms with E-state index in [0.717, 1.165) is 24.2 Å². The Kier molecular flexibility index (Phi) is 8.80. The van der Waals surface area contributed by atoms with Crippen LogP contribution in [0.25, 0.3) is 10.9 Å². The molecule has 42 heavy (non-hydrogen) atoms. The second kappa shape index (κ2) is 12.7. The summed E-state index contributed by atoms with van der Waals surface area (Å²) in [5.74, 6) is -0.175. The number of likely N-dealkylation sites (N-methyl/N-ethyl adjacent to an activating group) is 1. The number of fused-ring (bicyclic) bond motifs is 1. The van der Waals surface area contributed by atoms with Gasteiger partial charge in [-0.3, -0.25) is 19.0 Å². The van der Waals surface area contributed by atoms with E-state index in [0.29, 0.717) is 52.0 Å². The summed E-state index contributed by atoms with van der Waals surface area (Å²) in [7, 11) is 3.16. The van der Waals surface area contributed by atoms with Crippen LogP contribution in [-0.4, -0.2) is 74.2 Å². The number of hydrogen-bond donors (Lipinski definition) is 1. The number of anilines is 2. The topological polar surface area (TPSA) is 93.1 Å². The van der Waals surface area contributed by atoms with Crippen molar-refractivity contribution in [1.29, 1.82) is 0 Å². The number of nitrogens with one attached hydrogen (secondary N) is 1. The van der Waals surface area contributed by atoms with Gasteiger partial charge in [0.05, 0.1) is 38.8 Å². The Morgan fingerprint density at radius 3 is 2.36 bits per heavy atom. The fourth-order valence-electron chi connectivity index (χ4n) is 5.16. The van der Waals surface area contributed by atoms with Gasteiger partial charge in [-0.05, 0) is 79.2 Å². The van der Waals surface area contributed by atoms with Crippen molar-refractivity contribution in [2.24, 2.45) is 0 Å². The molecule has 10 heteroatoms. The number of amides is 2. The van der Waals surface area contributed by atoms with Gasteiger partial charge < -0.3 is 24.6 Å². The highest BCUT2D eigenvalue weighted by atomic mass is 35.5. The molecule has 1 fully saturated rings. The standard InChI is InChI=1S/C32H33ClN4O5/c1-21-27(28-18-26(41-3)12-13-29(28)37(21)32(40)22-4-6-23(33)7-5-22)19-31(39)35(2)20-30(38)34-24-8-10-25(11-9-24)36-14-16-42-17-15-36/h4-13,18H,14-17,19-20H2,1-3H3,(H,34,38). The summed E-state index contributed by atoms with van der Waals surface area (Å²) in [5.41, 5.74) is 4.21. The van der Waals surface area contributed by atoms with E-state index in [2.05, 4.69) is 10.2 Å². The Morgan fingerprint density at radius 1 is 1.00 bits per heavy atom. The van der Waals surface area contributed by atoms with Gasteiger partial charge in [0.15, 0.2) is 0 Å². The smallest absolute Gasteiger partial charge is 0.262 e. The van der Waals surface area contributed by atoms with Crippen molar-refractivity contribution in [3.05, 3.63) is 88.6 Å². The number of ether oxygens (including phenoxy) is 2. The van der Waals surface area contributed by atoms with Gasteiger partial charge in [0.2, 0.25) is 11.8 Å². The molecule has 1 N–H and O–H groups in total. The van der Waals surface area contributed by atoms with E-state index in [1.807, 2.05) is 43.3 Å². The van der Waals surface area contributed by atoms with Crippen LogP contribution in [0.15, 0.2) is 66.7 Å². The van der Waals surface area contributed by atoms with Crippen LogP contribution in [0.1, 0.15) is 21.6 Å². The highest BCUT2D eigenvalue weighted by molar-refractivity contribution is 6.30. The van der Waals surface area contributed by atoms with Gasteiger partial charge in [-0.2, -0.15) is 0 Å². The summed E-state index contributed by atoms with van der Waals surface area (Å²) in [5, 5.41) is 4.14. The quantitative estimate of drug-likeness (QED) is 0.319. The second-order valence-electron chi connectivity index (χ2n) is 10.2. The van der Waals surface area contributed by atoms with E-state index in [4.69, 9.17) is 21.1 Å². The Hall–Kier alpha value is -4.34. The van der Waals surface area contributed by atoms with Crippen molar-refractivity contribution < 1.29 is 23.9 Å². The van der Waals surface area contributed by atoms with Gasteiger partial charge in [-0.25, -0.2) is 0 Å². The summed E-state index contributed by atoms with van der Waals surface area (Å²) in [6, 6.07) is 19.7. The van der Waals surface area contributed by atoms with E-state index >= 15 is 0 Å². The predicted octanol–water partition coefficient (Wildman–Crippen LogP) is 4.78. The summed E-state index contributed by atoms with van der Waals surface area (Å²) >= 11 is 6.02. The number of aromatic nitrogens is 1. The highest BCUT2D eigenvalue weighted by Gasteiger charge is 2.24. The van der Waals surface area contributed by atoms with E-state index in [9.17, 15) is 14.4 Å². The van der Waals surface area contributed by atoms with Crippen molar-refractivity contribution >= 4 is 51.6 Å². The summed E-state index contributed by atoms with van der Waals surface area (Å²) in [4.78, 5) is 43.3. The van der Waals surface area contributed by atoms with Gasteiger partial charge in [-0.1, -0.05) is 11.6 Å². The molecule has 0 bridgehead atoms. The molecule has 0 saturated carbocycles. The van der Waals surface area contributed by atoms with Gasteiger partial charge >= 0.3 is 0 Å². The molecule has 2 heterocycles. The number of halogens is 1. The van der Waals surface area contributed by atoms with Crippen LogP contribution in [0.5, 0.6) is 5.75 Å². The normalized spacial score (nSPS) is 13.2. The molecule has 0 spiro atoms. The first kappa shape index (κ1) is 29.2. The fourth-order valence-corrected chi connectivity index (χ4v) is 5.29. The summed E-state index contributed by atoms with van der Waals surface area (Å²) < 4.78 is 12.4. The zero-order valence-corrected chi connectivity index (χ0v) is 24.6. The average molecular weight is 589 g/mol. The number of benzene rings is 3. The monoisotopic (exact) mass is 588 g/mol. The third kappa shape index (κ3) is 6.27. The Labute approximate surface area is 249 Å². The van der Waals surface area contributed by atoms with Crippen molar-refractivity contribution in [1.82, 2.24) is 9.47 Å². The lowest BCUT2D eigenvalue weighted by atomic mass is 10.1. The number of carbonyl (C=O) groups excluding carboxylic acids is 3. The number of morpholine rings is 1. The van der Waals surface area contributed by atoms with Crippen LogP contribution in [0.3, 0.4) is 0 Å². The molecule has 1 aromatic heterocycles. The van der Waals surface area contributed by atoms with Gasteiger partial charge in [0.25, 0.3) is 5.91 Å². The maximum Gasteiger partial charge on any atom is 0.262 e. The van der Waals surface area contributed by atoms with E-state index in [-0.39, 0.29) is 30.7 Å². The second-order valence-corrected chi connectivity index (χ2v) is 10.7. The molecule has 0 aliphatic carbocycles. The van der Waals surface area contributed by atoms with Crippen LogP contribution >= 0.6 is 11.6 Å². The molecule has 2 amide bonds. The zero-order valence-electron chi connectivity index (χ0n) is 23.9. The number of carbonyl (C=O) groups is 3. The Bertz CT molecular complexity index is 1610. The van der Waals surface area contributed by atoms with Gasteiger partial charge in [0.1, 0.15) is 5.75 Å². The van der Waals surface area contributed by atoms with Crippen LogP contribution in [-0.2, 0) is 20.7 Å². The molecule has 5 rings (SSSR count).